The van der Waals surface area contributed by atoms with Gasteiger partial charge in [-0.2, -0.15) is 0 Å². The summed E-state index contributed by atoms with van der Waals surface area (Å²) < 4.78 is 18.3. The Morgan fingerprint density at radius 1 is 1.15 bits per heavy atom. The average molecular weight is 462 g/mol. The number of hydrogen-bond acceptors (Lipinski definition) is 5. The van der Waals surface area contributed by atoms with Crippen molar-refractivity contribution in [1.82, 2.24) is 20.1 Å². The number of carbonyl (C=O) groups is 3. The molecule has 2 fully saturated rings. The Kier molecular flexibility index (Phi) is 5.61. The van der Waals surface area contributed by atoms with E-state index in [9.17, 15) is 18.8 Å². The molecule has 5 rings (SSSR count). The molecular weight excluding hydrogens is 439 g/mol. The third kappa shape index (κ3) is 3.72. The molecule has 2 aliphatic rings. The molecule has 0 saturated carbocycles. The number of halogens is 1. The van der Waals surface area contributed by atoms with Crippen molar-refractivity contribution in [3.8, 4) is 0 Å². The zero-order chi connectivity index (χ0) is 23.7. The number of furan rings is 1. The molecule has 2 saturated heterocycles. The minimum Gasteiger partial charge on any atom is -0.472 e. The number of likely N-dealkylation sites (tertiary alicyclic amines) is 1. The van der Waals surface area contributed by atoms with Gasteiger partial charge in [-0.25, -0.2) is 9.18 Å². The van der Waals surface area contributed by atoms with Gasteiger partial charge in [0.2, 0.25) is 0 Å². The lowest BCUT2D eigenvalue weighted by atomic mass is 9.73. The van der Waals surface area contributed by atoms with Gasteiger partial charge >= 0.3 is 6.03 Å². The van der Waals surface area contributed by atoms with Crippen LogP contribution >= 0.6 is 0 Å². The molecule has 1 aromatic carbocycles. The summed E-state index contributed by atoms with van der Waals surface area (Å²) in [6.07, 6.45) is 7.13. The predicted molar refractivity (Wildman–Crippen MR) is 119 cm³/mol. The lowest BCUT2D eigenvalue weighted by Crippen LogP contribution is -2.54. The molecule has 0 aliphatic carbocycles. The molecule has 8 nitrogen and oxygen atoms in total. The van der Waals surface area contributed by atoms with Crippen molar-refractivity contribution in [1.29, 1.82) is 0 Å². The highest BCUT2D eigenvalue weighted by Crippen LogP contribution is 2.41. The second-order valence-electron chi connectivity index (χ2n) is 8.58. The third-order valence-corrected chi connectivity index (χ3v) is 6.67. The fourth-order valence-electron chi connectivity index (χ4n) is 4.90. The molecule has 2 aromatic heterocycles. The maximum atomic E-state index is 13.9. The number of benzene rings is 1. The number of nitrogens with zero attached hydrogens (tertiary/aromatic N) is 3. The SMILES string of the molecule is O=C(c1ccoc1)N1CCC([C@@]2(c3cccnc3)NC(=O)N(Cc3ccc(F)cc3)C2=O)CC1. The smallest absolute Gasteiger partial charge is 0.325 e. The molecule has 1 N–H and O–H groups in total. The van der Waals surface area contributed by atoms with Crippen LogP contribution in [0, 0.1) is 11.7 Å². The monoisotopic (exact) mass is 462 g/mol. The molecule has 34 heavy (non-hydrogen) atoms. The van der Waals surface area contributed by atoms with E-state index in [0.717, 1.165) is 0 Å². The highest BCUT2D eigenvalue weighted by Gasteiger charge is 2.57. The van der Waals surface area contributed by atoms with Crippen LogP contribution in [0.5, 0.6) is 0 Å². The van der Waals surface area contributed by atoms with Crippen molar-refractivity contribution in [3.63, 3.8) is 0 Å². The molecule has 0 radical (unpaired) electrons. The summed E-state index contributed by atoms with van der Waals surface area (Å²) >= 11 is 0. The number of rotatable bonds is 5. The van der Waals surface area contributed by atoms with E-state index in [2.05, 4.69) is 10.3 Å². The van der Waals surface area contributed by atoms with E-state index < -0.39 is 11.6 Å². The molecular formula is C25H23FN4O4. The molecule has 9 heteroatoms. The molecule has 174 valence electrons. The van der Waals surface area contributed by atoms with Gasteiger partial charge in [0.05, 0.1) is 18.4 Å². The second-order valence-corrected chi connectivity index (χ2v) is 8.58. The molecule has 1 atom stereocenters. The number of carbonyl (C=O) groups excluding carboxylic acids is 3. The number of urea groups is 1. The van der Waals surface area contributed by atoms with E-state index in [1.807, 2.05) is 0 Å². The highest BCUT2D eigenvalue weighted by atomic mass is 19.1. The van der Waals surface area contributed by atoms with Crippen LogP contribution in [0.2, 0.25) is 0 Å². The first-order chi connectivity index (χ1) is 16.5. The number of aromatic nitrogens is 1. The topological polar surface area (TPSA) is 95.8 Å². The van der Waals surface area contributed by atoms with Crippen LogP contribution in [0.3, 0.4) is 0 Å². The summed E-state index contributed by atoms with van der Waals surface area (Å²) in [5.41, 5.74) is 0.453. The Morgan fingerprint density at radius 2 is 1.91 bits per heavy atom. The average Bonchev–Trinajstić information content (AvgIpc) is 3.49. The van der Waals surface area contributed by atoms with Gasteiger partial charge in [0.15, 0.2) is 5.54 Å². The molecule has 2 aliphatic heterocycles. The molecule has 3 aromatic rings. The minimum atomic E-state index is -1.28. The Morgan fingerprint density at radius 3 is 2.56 bits per heavy atom. The van der Waals surface area contributed by atoms with Crippen molar-refractivity contribution in [2.24, 2.45) is 5.92 Å². The molecule has 4 amide bonds. The summed E-state index contributed by atoms with van der Waals surface area (Å²) in [7, 11) is 0. The van der Waals surface area contributed by atoms with Crippen LogP contribution in [0.15, 0.2) is 71.8 Å². The third-order valence-electron chi connectivity index (χ3n) is 6.67. The first kappa shape index (κ1) is 21.8. The van der Waals surface area contributed by atoms with Crippen LogP contribution < -0.4 is 5.32 Å². The van der Waals surface area contributed by atoms with E-state index in [1.54, 1.807) is 47.6 Å². The summed E-state index contributed by atoms with van der Waals surface area (Å²) in [5, 5.41) is 2.96. The predicted octanol–water partition coefficient (Wildman–Crippen LogP) is 3.31. The van der Waals surface area contributed by atoms with E-state index in [4.69, 9.17) is 4.42 Å². The Labute approximate surface area is 195 Å². The van der Waals surface area contributed by atoms with Crippen LogP contribution in [0.1, 0.15) is 34.3 Å². The fraction of sp³-hybridized carbons (Fsp3) is 0.280. The minimum absolute atomic E-state index is 0.0325. The van der Waals surface area contributed by atoms with Gasteiger partial charge in [0, 0.05) is 31.0 Å². The summed E-state index contributed by atoms with van der Waals surface area (Å²) in [5.74, 6) is -1.11. The summed E-state index contributed by atoms with van der Waals surface area (Å²) in [4.78, 5) is 46.7. The standard InChI is InChI=1S/C25H23FN4O4/c26-21-5-3-17(4-6-21)15-30-23(32)25(28-24(30)33,20-2-1-10-27-14-20)19-7-11-29(12-8-19)22(31)18-9-13-34-16-18/h1-6,9-10,13-14,16,19H,7-8,11-12,15H2,(H,28,33)/t25-/m0/s1. The summed E-state index contributed by atoms with van der Waals surface area (Å²) in [6.45, 7) is 0.917. The fourth-order valence-corrected chi connectivity index (χ4v) is 4.90. The maximum absolute atomic E-state index is 13.9. The van der Waals surface area contributed by atoms with Gasteiger partial charge in [-0.05, 0) is 48.6 Å². The molecule has 0 unspecified atom stereocenters. The quantitative estimate of drug-likeness (QED) is 0.587. The number of pyridine rings is 1. The Bertz CT molecular complexity index is 1190. The van der Waals surface area contributed by atoms with Gasteiger partial charge in [-0.1, -0.05) is 18.2 Å². The lowest BCUT2D eigenvalue weighted by molar-refractivity contribution is -0.134. The summed E-state index contributed by atoms with van der Waals surface area (Å²) in [6, 6.07) is 10.4. The van der Waals surface area contributed by atoms with Crippen LogP contribution in [-0.4, -0.2) is 45.7 Å². The van der Waals surface area contributed by atoms with Crippen LogP contribution in [-0.2, 0) is 16.9 Å². The van der Waals surface area contributed by atoms with E-state index >= 15 is 0 Å². The van der Waals surface area contributed by atoms with Crippen molar-refractivity contribution in [3.05, 3.63) is 89.9 Å². The largest absolute Gasteiger partial charge is 0.472 e. The van der Waals surface area contributed by atoms with Gasteiger partial charge < -0.3 is 14.6 Å². The molecule has 4 heterocycles. The van der Waals surface area contributed by atoms with Crippen molar-refractivity contribution < 1.29 is 23.2 Å². The van der Waals surface area contributed by atoms with Crippen molar-refractivity contribution in [2.45, 2.75) is 24.9 Å². The van der Waals surface area contributed by atoms with Gasteiger partial charge in [0.1, 0.15) is 12.1 Å². The van der Waals surface area contributed by atoms with E-state index in [0.29, 0.717) is 42.6 Å². The van der Waals surface area contributed by atoms with Crippen molar-refractivity contribution >= 4 is 17.8 Å². The van der Waals surface area contributed by atoms with Gasteiger partial charge in [-0.3, -0.25) is 19.5 Å². The second kappa shape index (κ2) is 8.74. The van der Waals surface area contributed by atoms with E-state index in [-0.39, 0.29) is 30.1 Å². The Hall–Kier alpha value is -4.01. The molecule has 0 bridgehead atoms. The number of imide groups is 1. The lowest BCUT2D eigenvalue weighted by Gasteiger charge is -2.41. The normalized spacial score (nSPS) is 21.1. The van der Waals surface area contributed by atoms with Gasteiger partial charge in [0.25, 0.3) is 11.8 Å². The first-order valence-electron chi connectivity index (χ1n) is 11.1. The maximum Gasteiger partial charge on any atom is 0.325 e. The zero-order valence-corrected chi connectivity index (χ0v) is 18.3. The zero-order valence-electron chi connectivity index (χ0n) is 18.3. The van der Waals surface area contributed by atoms with Gasteiger partial charge in [-0.15, -0.1) is 0 Å². The number of amides is 4. The number of piperidine rings is 1. The van der Waals surface area contributed by atoms with Crippen molar-refractivity contribution in [2.75, 3.05) is 13.1 Å². The first-order valence-corrected chi connectivity index (χ1v) is 11.1. The number of nitrogens with one attached hydrogen (secondary N) is 1. The van der Waals surface area contributed by atoms with E-state index in [1.165, 1.54) is 29.6 Å². The Balaban J connectivity index is 1.41. The highest BCUT2D eigenvalue weighted by molar-refractivity contribution is 6.07. The van der Waals surface area contributed by atoms with Crippen LogP contribution in [0.25, 0.3) is 0 Å². The van der Waals surface area contributed by atoms with Crippen LogP contribution in [0.4, 0.5) is 9.18 Å². The molecule has 0 spiro atoms. The number of hydrogen-bond donors (Lipinski definition) is 1.